The molecule has 1 N–H and O–H groups in total. The fourth-order valence-electron chi connectivity index (χ4n) is 10.1. The molecular weight excluding hydrogens is 759 g/mol. The van der Waals surface area contributed by atoms with Crippen LogP contribution in [-0.4, -0.2) is 9.13 Å². The van der Waals surface area contributed by atoms with Crippen LogP contribution in [0.2, 0.25) is 0 Å². The number of para-hydroxylation sites is 2. The second-order valence-electron chi connectivity index (χ2n) is 16.4. The summed E-state index contributed by atoms with van der Waals surface area (Å²) in [6.07, 6.45) is 8.85. The van der Waals surface area contributed by atoms with Gasteiger partial charge in [-0.25, -0.2) is 0 Å². The summed E-state index contributed by atoms with van der Waals surface area (Å²) in [7, 11) is 0. The van der Waals surface area contributed by atoms with Crippen LogP contribution in [0.4, 0.5) is 5.69 Å². The molecule has 1 unspecified atom stereocenters. The summed E-state index contributed by atoms with van der Waals surface area (Å²) >= 11 is 1.93. The number of hydrogen-bond donors (Lipinski definition) is 1. The minimum atomic E-state index is 0.204. The molecule has 1 aliphatic heterocycles. The lowest BCUT2D eigenvalue weighted by molar-refractivity contribution is 0.979. The molecule has 3 nitrogen and oxygen atoms in total. The molecule has 0 saturated carbocycles. The maximum atomic E-state index is 3.79. The van der Waals surface area contributed by atoms with E-state index in [-0.39, 0.29) is 5.37 Å². The van der Waals surface area contributed by atoms with Crippen LogP contribution in [0.25, 0.3) is 98.8 Å². The molecule has 0 fully saturated rings. The second kappa shape index (κ2) is 13.6. The van der Waals surface area contributed by atoms with E-state index in [9.17, 15) is 0 Å². The number of nitrogens with zero attached hydrogens (tertiary/aromatic N) is 2. The van der Waals surface area contributed by atoms with E-state index < -0.39 is 0 Å². The maximum Gasteiger partial charge on any atom is 0.103 e. The lowest BCUT2D eigenvalue weighted by atomic mass is 9.96. The largest absolute Gasteiger partial charge is 0.368 e. The number of benzene rings is 9. The molecule has 11 aromatic rings. The molecule has 0 saturated heterocycles. The number of nitrogens with one attached hydrogen (secondary N) is 1. The van der Waals surface area contributed by atoms with Gasteiger partial charge in [0.2, 0.25) is 0 Å². The standard InChI is InChI=1S/C57H39N3S/c1-4-12-37(13-5-1)57-58-50-28-23-36-20-21-42-32-38(22-27-45(42)55(36)56(50)61-57)39-24-30-53-48(34-39)49-35-41(26-31-54(49)60(53)44-16-8-3-9-17-44)40-25-29-52-47(33-40)46-18-10-11-19-51(46)59(52)43-14-6-2-7-15-43/h1-8,10-16,18-35,57-58H,9,17H2. The number of fused-ring (bicyclic) bond motifs is 11. The zero-order chi connectivity index (χ0) is 40.0. The molecule has 0 amide bonds. The molecule has 0 bridgehead atoms. The number of anilines is 1. The smallest absolute Gasteiger partial charge is 0.103 e. The zero-order valence-electron chi connectivity index (χ0n) is 33.3. The van der Waals surface area contributed by atoms with E-state index in [2.05, 4.69) is 215 Å². The van der Waals surface area contributed by atoms with Crippen molar-refractivity contribution in [1.82, 2.24) is 9.13 Å². The van der Waals surface area contributed by atoms with Crippen LogP contribution < -0.4 is 5.32 Å². The highest BCUT2D eigenvalue weighted by Gasteiger charge is 2.26. The number of allylic oxidation sites excluding steroid dienone is 4. The van der Waals surface area contributed by atoms with Gasteiger partial charge in [-0.15, -0.1) is 0 Å². The fourth-order valence-corrected chi connectivity index (χ4v) is 11.4. The van der Waals surface area contributed by atoms with Crippen molar-refractivity contribution in [3.8, 4) is 27.9 Å². The van der Waals surface area contributed by atoms with Gasteiger partial charge in [0.25, 0.3) is 0 Å². The van der Waals surface area contributed by atoms with E-state index in [0.717, 1.165) is 12.8 Å². The third-order valence-corrected chi connectivity index (χ3v) is 14.3. The molecule has 0 radical (unpaired) electrons. The first-order valence-corrected chi connectivity index (χ1v) is 22.1. The van der Waals surface area contributed by atoms with Gasteiger partial charge in [0, 0.05) is 48.9 Å². The van der Waals surface area contributed by atoms with Crippen LogP contribution in [0.5, 0.6) is 0 Å². The summed E-state index contributed by atoms with van der Waals surface area (Å²) in [5.74, 6) is 0. The van der Waals surface area contributed by atoms with Gasteiger partial charge in [0.15, 0.2) is 0 Å². The lowest BCUT2D eigenvalue weighted by Crippen LogP contribution is -2.00. The van der Waals surface area contributed by atoms with E-state index in [4.69, 9.17) is 0 Å². The quantitative estimate of drug-likeness (QED) is 0.175. The van der Waals surface area contributed by atoms with Crippen molar-refractivity contribution in [3.63, 3.8) is 0 Å². The van der Waals surface area contributed by atoms with Gasteiger partial charge < -0.3 is 14.5 Å². The molecule has 0 spiro atoms. The second-order valence-corrected chi connectivity index (χ2v) is 17.6. The van der Waals surface area contributed by atoms with Gasteiger partial charge in [-0.1, -0.05) is 139 Å². The van der Waals surface area contributed by atoms with E-state index >= 15 is 0 Å². The molecule has 3 heterocycles. The molecule has 288 valence electrons. The molecule has 13 rings (SSSR count). The van der Waals surface area contributed by atoms with Gasteiger partial charge in [0.05, 0.1) is 22.1 Å². The SMILES string of the molecule is C1=CCCC(n2c3ccc(-c4ccc5c(ccc6ccc7c(c65)SC(c5ccccc5)N7)c4)cc3c3cc(-c4ccc5c(c4)c4ccccc4n5-c4ccccc4)ccc32)=C1. The summed E-state index contributed by atoms with van der Waals surface area (Å²) in [6, 6.07) is 67.6. The van der Waals surface area contributed by atoms with Crippen LogP contribution in [0.3, 0.4) is 0 Å². The van der Waals surface area contributed by atoms with E-state index in [1.54, 1.807) is 0 Å². The molecule has 1 atom stereocenters. The number of aromatic nitrogens is 2. The summed E-state index contributed by atoms with van der Waals surface area (Å²) < 4.78 is 4.89. The van der Waals surface area contributed by atoms with Crippen molar-refractivity contribution in [3.05, 3.63) is 206 Å². The van der Waals surface area contributed by atoms with Crippen molar-refractivity contribution < 1.29 is 0 Å². The van der Waals surface area contributed by atoms with E-state index in [0.29, 0.717) is 0 Å². The van der Waals surface area contributed by atoms with Crippen LogP contribution >= 0.6 is 11.8 Å². The Balaban J connectivity index is 0.949. The average molecular weight is 798 g/mol. The Morgan fingerprint density at radius 3 is 1.79 bits per heavy atom. The third-order valence-electron chi connectivity index (χ3n) is 13.0. The first kappa shape index (κ1) is 34.6. The highest BCUT2D eigenvalue weighted by molar-refractivity contribution is 8.00. The number of hydrogen-bond acceptors (Lipinski definition) is 2. The Kier molecular flexibility index (Phi) is 7.73. The van der Waals surface area contributed by atoms with Gasteiger partial charge >= 0.3 is 0 Å². The Labute approximate surface area is 357 Å². The normalized spacial score (nSPS) is 15.0. The fraction of sp³-hybridized carbons (Fsp3) is 0.0526. The first-order chi connectivity index (χ1) is 30.2. The Hall–Kier alpha value is -7.27. The van der Waals surface area contributed by atoms with Crippen molar-refractivity contribution >= 4 is 88.3 Å². The summed E-state index contributed by atoms with van der Waals surface area (Å²) in [4.78, 5) is 1.34. The number of rotatable bonds is 5. The number of thioether (sulfide) groups is 1. The van der Waals surface area contributed by atoms with Crippen LogP contribution in [0.15, 0.2) is 205 Å². The highest BCUT2D eigenvalue weighted by atomic mass is 32.2. The topological polar surface area (TPSA) is 21.9 Å². The Morgan fingerprint density at radius 2 is 1.07 bits per heavy atom. The average Bonchev–Trinajstić information content (AvgIpc) is 4.02. The minimum absolute atomic E-state index is 0.204. The van der Waals surface area contributed by atoms with Crippen LogP contribution in [-0.2, 0) is 0 Å². The minimum Gasteiger partial charge on any atom is -0.368 e. The molecule has 2 aliphatic rings. The molecular formula is C57H39N3S. The van der Waals surface area contributed by atoms with E-state index in [1.165, 1.54) is 115 Å². The van der Waals surface area contributed by atoms with Gasteiger partial charge in [-0.3, -0.25) is 0 Å². The van der Waals surface area contributed by atoms with Crippen LogP contribution in [0, 0.1) is 0 Å². The summed E-state index contributed by atoms with van der Waals surface area (Å²) in [5.41, 5.74) is 14.9. The van der Waals surface area contributed by atoms with E-state index in [1.807, 2.05) is 11.8 Å². The summed E-state index contributed by atoms with van der Waals surface area (Å²) in [5, 5.41) is 14.2. The monoisotopic (exact) mass is 797 g/mol. The Bertz CT molecular complexity index is 3650. The molecule has 4 heteroatoms. The molecule has 1 aliphatic carbocycles. The molecule has 61 heavy (non-hydrogen) atoms. The van der Waals surface area contributed by atoms with Crippen molar-refractivity contribution in [1.29, 1.82) is 0 Å². The Morgan fingerprint density at radius 1 is 0.475 bits per heavy atom. The predicted molar refractivity (Wildman–Crippen MR) is 261 cm³/mol. The zero-order valence-corrected chi connectivity index (χ0v) is 34.2. The predicted octanol–water partition coefficient (Wildman–Crippen LogP) is 15.9. The van der Waals surface area contributed by atoms with Crippen molar-refractivity contribution in [2.75, 3.05) is 5.32 Å². The van der Waals surface area contributed by atoms with Crippen molar-refractivity contribution in [2.24, 2.45) is 0 Å². The highest BCUT2D eigenvalue weighted by Crippen LogP contribution is 2.51. The van der Waals surface area contributed by atoms with Gasteiger partial charge in [-0.05, 0) is 130 Å². The third kappa shape index (κ3) is 5.45. The summed E-state index contributed by atoms with van der Waals surface area (Å²) in [6.45, 7) is 0. The lowest BCUT2D eigenvalue weighted by Gasteiger charge is -2.14. The molecule has 2 aromatic heterocycles. The van der Waals surface area contributed by atoms with Gasteiger partial charge in [-0.2, -0.15) is 0 Å². The van der Waals surface area contributed by atoms with Crippen LogP contribution in [0.1, 0.15) is 23.8 Å². The molecule has 9 aromatic carbocycles. The first-order valence-electron chi connectivity index (χ1n) is 21.2. The maximum absolute atomic E-state index is 3.79. The van der Waals surface area contributed by atoms with Gasteiger partial charge in [0.1, 0.15) is 5.37 Å². The van der Waals surface area contributed by atoms with Crippen molar-refractivity contribution in [2.45, 2.75) is 23.1 Å².